The molecular formula is C10H10N3O2S+. The Morgan fingerprint density at radius 2 is 2.19 bits per heavy atom. The predicted molar refractivity (Wildman–Crippen MR) is 57.8 cm³/mol. The summed E-state index contributed by atoms with van der Waals surface area (Å²) in [4.78, 5) is 14.5. The Hall–Kier alpha value is -1.82. The number of carbonyl (C=O) groups is 1. The van der Waals surface area contributed by atoms with Crippen molar-refractivity contribution in [3.05, 3.63) is 30.9 Å². The Labute approximate surface area is 96.2 Å². The Balaban J connectivity index is 2.08. The van der Waals surface area contributed by atoms with E-state index in [1.54, 1.807) is 0 Å². The second kappa shape index (κ2) is 4.80. The topological polar surface area (TPSA) is 67.0 Å². The number of aliphatic carboxylic acids is 1. The van der Waals surface area contributed by atoms with Crippen LogP contribution >= 0.6 is 11.5 Å². The van der Waals surface area contributed by atoms with E-state index < -0.39 is 5.97 Å². The van der Waals surface area contributed by atoms with E-state index in [-0.39, 0.29) is 6.42 Å². The van der Waals surface area contributed by atoms with Crippen LogP contribution in [0.4, 0.5) is 0 Å². The molecule has 0 aromatic carbocycles. The summed E-state index contributed by atoms with van der Waals surface area (Å²) in [6.45, 7) is 0.478. The molecule has 0 atom stereocenters. The van der Waals surface area contributed by atoms with Gasteiger partial charge in [-0.1, -0.05) is 0 Å². The first-order valence-electron chi connectivity index (χ1n) is 4.73. The van der Waals surface area contributed by atoms with E-state index in [0.717, 1.165) is 10.6 Å². The van der Waals surface area contributed by atoms with Crippen molar-refractivity contribution in [1.29, 1.82) is 0 Å². The number of nitrogens with zero attached hydrogens (tertiary/aromatic N) is 3. The van der Waals surface area contributed by atoms with Gasteiger partial charge in [0.15, 0.2) is 18.9 Å². The van der Waals surface area contributed by atoms with Crippen LogP contribution in [-0.2, 0) is 11.3 Å². The van der Waals surface area contributed by atoms with Crippen molar-refractivity contribution in [2.75, 3.05) is 0 Å². The normalized spacial score (nSPS) is 10.2. The van der Waals surface area contributed by atoms with Crippen molar-refractivity contribution in [3.8, 4) is 10.6 Å². The lowest BCUT2D eigenvalue weighted by atomic mass is 10.3. The minimum atomic E-state index is -0.791. The maximum Gasteiger partial charge on any atom is 0.309 e. The summed E-state index contributed by atoms with van der Waals surface area (Å²) in [5.41, 5.74) is 0.995. The highest BCUT2D eigenvalue weighted by atomic mass is 32.1. The number of pyridine rings is 1. The standard InChI is InChI=1S/C10H9N3O2S/c14-9(15)3-6-13-4-1-8(2-5-13)10-11-7-12-16-10/h1-2,4-5,7H,3,6H2/p+1. The molecule has 1 N–H and O–H groups in total. The first-order valence-corrected chi connectivity index (χ1v) is 5.51. The molecule has 82 valence electrons. The maximum absolute atomic E-state index is 10.4. The number of hydrogen-bond acceptors (Lipinski definition) is 4. The van der Waals surface area contributed by atoms with Crippen LogP contribution in [0.5, 0.6) is 0 Å². The Morgan fingerprint density at radius 1 is 1.44 bits per heavy atom. The summed E-state index contributed by atoms with van der Waals surface area (Å²) >= 11 is 1.34. The monoisotopic (exact) mass is 236 g/mol. The van der Waals surface area contributed by atoms with Gasteiger partial charge >= 0.3 is 5.97 Å². The third-order valence-corrected chi connectivity index (χ3v) is 2.80. The van der Waals surface area contributed by atoms with E-state index in [4.69, 9.17) is 5.11 Å². The number of aryl methyl sites for hydroxylation is 1. The second-order valence-corrected chi connectivity index (χ2v) is 3.99. The summed E-state index contributed by atoms with van der Waals surface area (Å²) < 4.78 is 5.76. The van der Waals surface area contributed by atoms with Gasteiger partial charge in [-0.15, -0.1) is 0 Å². The highest BCUT2D eigenvalue weighted by molar-refractivity contribution is 7.09. The molecule has 0 bridgehead atoms. The molecule has 0 fully saturated rings. The molecule has 0 aliphatic rings. The van der Waals surface area contributed by atoms with Gasteiger partial charge in [-0.3, -0.25) is 4.79 Å². The first kappa shape index (κ1) is 10.7. The lowest BCUT2D eigenvalue weighted by Crippen LogP contribution is -2.33. The molecule has 0 radical (unpaired) electrons. The highest BCUT2D eigenvalue weighted by Gasteiger charge is 2.06. The summed E-state index contributed by atoms with van der Waals surface area (Å²) in [5, 5.41) is 9.42. The molecule has 2 aromatic rings. The third-order valence-electron chi connectivity index (χ3n) is 2.08. The van der Waals surface area contributed by atoms with Gasteiger partial charge in [-0.2, -0.15) is 4.37 Å². The average Bonchev–Trinajstić information content (AvgIpc) is 2.80. The van der Waals surface area contributed by atoms with Gasteiger partial charge in [-0.05, 0) is 11.5 Å². The molecule has 2 aromatic heterocycles. The van der Waals surface area contributed by atoms with Crippen molar-refractivity contribution in [2.24, 2.45) is 0 Å². The Bertz CT molecular complexity index is 467. The smallest absolute Gasteiger partial charge is 0.309 e. The van der Waals surface area contributed by atoms with E-state index in [1.165, 1.54) is 17.9 Å². The predicted octanol–water partition coefficient (Wildman–Crippen LogP) is 0.967. The van der Waals surface area contributed by atoms with E-state index in [9.17, 15) is 4.79 Å². The van der Waals surface area contributed by atoms with Crippen LogP contribution in [0.3, 0.4) is 0 Å². The molecule has 0 spiro atoms. The van der Waals surface area contributed by atoms with E-state index in [0.29, 0.717) is 6.54 Å². The Morgan fingerprint density at radius 3 is 2.75 bits per heavy atom. The molecule has 2 heterocycles. The summed E-state index contributed by atoms with van der Waals surface area (Å²) in [6.07, 6.45) is 5.34. The van der Waals surface area contributed by atoms with E-state index in [1.807, 2.05) is 29.1 Å². The molecule has 0 aliphatic heterocycles. The fourth-order valence-corrected chi connectivity index (χ4v) is 1.80. The molecule has 5 nitrogen and oxygen atoms in total. The minimum absolute atomic E-state index is 0.128. The van der Waals surface area contributed by atoms with Gasteiger partial charge in [0, 0.05) is 17.7 Å². The van der Waals surface area contributed by atoms with Crippen LogP contribution in [-0.4, -0.2) is 20.4 Å². The number of hydrogen-bond donors (Lipinski definition) is 1. The minimum Gasteiger partial charge on any atom is -0.481 e. The third kappa shape index (κ3) is 2.60. The fourth-order valence-electron chi connectivity index (χ4n) is 1.27. The van der Waals surface area contributed by atoms with Crippen LogP contribution in [0, 0.1) is 0 Å². The van der Waals surface area contributed by atoms with Gasteiger partial charge in [-0.25, -0.2) is 9.55 Å². The van der Waals surface area contributed by atoms with Gasteiger partial charge < -0.3 is 5.11 Å². The first-order chi connectivity index (χ1) is 7.75. The van der Waals surface area contributed by atoms with E-state index in [2.05, 4.69) is 9.36 Å². The Kier molecular flexibility index (Phi) is 3.21. The lowest BCUT2D eigenvalue weighted by Gasteiger charge is -1.95. The number of carboxylic acids is 1. The van der Waals surface area contributed by atoms with Crippen molar-refractivity contribution >= 4 is 17.5 Å². The number of rotatable bonds is 4. The molecule has 0 aliphatic carbocycles. The van der Waals surface area contributed by atoms with Crippen LogP contribution in [0.2, 0.25) is 0 Å². The van der Waals surface area contributed by atoms with Crippen molar-refractivity contribution < 1.29 is 14.5 Å². The molecule has 0 saturated carbocycles. The largest absolute Gasteiger partial charge is 0.481 e. The average molecular weight is 236 g/mol. The van der Waals surface area contributed by atoms with E-state index >= 15 is 0 Å². The summed E-state index contributed by atoms with van der Waals surface area (Å²) in [6, 6.07) is 3.81. The van der Waals surface area contributed by atoms with Crippen molar-refractivity contribution in [2.45, 2.75) is 13.0 Å². The van der Waals surface area contributed by atoms with Crippen LogP contribution < -0.4 is 4.57 Å². The van der Waals surface area contributed by atoms with Crippen molar-refractivity contribution in [1.82, 2.24) is 9.36 Å². The number of aromatic nitrogens is 3. The zero-order chi connectivity index (χ0) is 11.4. The molecule has 2 rings (SSSR count). The number of carboxylic acid groups (broad SMARTS) is 1. The van der Waals surface area contributed by atoms with Gasteiger partial charge in [0.25, 0.3) is 0 Å². The van der Waals surface area contributed by atoms with Crippen LogP contribution in [0.25, 0.3) is 10.6 Å². The maximum atomic E-state index is 10.4. The molecule has 0 amide bonds. The summed E-state index contributed by atoms with van der Waals surface area (Å²) in [7, 11) is 0. The molecular weight excluding hydrogens is 226 g/mol. The second-order valence-electron chi connectivity index (χ2n) is 3.21. The molecule has 0 saturated heterocycles. The SMILES string of the molecule is O=C(O)CC[n+]1ccc(-c2ncns2)cc1. The van der Waals surface area contributed by atoms with Crippen molar-refractivity contribution in [3.63, 3.8) is 0 Å². The summed E-state index contributed by atoms with van der Waals surface area (Å²) in [5.74, 6) is -0.791. The van der Waals surface area contributed by atoms with Crippen LogP contribution in [0.1, 0.15) is 6.42 Å². The fraction of sp³-hybridized carbons (Fsp3) is 0.200. The molecule has 0 unspecified atom stereocenters. The molecule has 6 heteroatoms. The quantitative estimate of drug-likeness (QED) is 0.803. The van der Waals surface area contributed by atoms with Crippen LogP contribution in [0.15, 0.2) is 30.9 Å². The van der Waals surface area contributed by atoms with Gasteiger partial charge in [0.1, 0.15) is 17.8 Å². The van der Waals surface area contributed by atoms with Gasteiger partial charge in [0.05, 0.1) is 0 Å². The lowest BCUT2D eigenvalue weighted by molar-refractivity contribution is -0.695. The zero-order valence-corrected chi connectivity index (χ0v) is 9.22. The zero-order valence-electron chi connectivity index (χ0n) is 8.41. The highest BCUT2D eigenvalue weighted by Crippen LogP contribution is 2.17. The van der Waals surface area contributed by atoms with Gasteiger partial charge in [0.2, 0.25) is 0 Å². The molecule has 16 heavy (non-hydrogen) atoms.